The van der Waals surface area contributed by atoms with Crippen LogP contribution in [0.3, 0.4) is 0 Å². The lowest BCUT2D eigenvalue weighted by Crippen LogP contribution is -2.16. The summed E-state index contributed by atoms with van der Waals surface area (Å²) < 4.78 is 7.23. The molecule has 0 saturated carbocycles. The fourth-order valence-corrected chi connectivity index (χ4v) is 2.91. The van der Waals surface area contributed by atoms with Gasteiger partial charge in [-0.2, -0.15) is 5.10 Å². The normalized spacial score (nSPS) is 17.9. The van der Waals surface area contributed by atoms with Gasteiger partial charge in [-0.15, -0.1) is 0 Å². The van der Waals surface area contributed by atoms with Gasteiger partial charge in [0.15, 0.2) is 5.65 Å². The average molecular weight is 311 g/mol. The van der Waals surface area contributed by atoms with Gasteiger partial charge in [-0.3, -0.25) is 9.78 Å². The lowest BCUT2D eigenvalue weighted by molar-refractivity contribution is 0.185. The van der Waals surface area contributed by atoms with Crippen LogP contribution in [-0.2, 0) is 11.2 Å². The van der Waals surface area contributed by atoms with Gasteiger partial charge >= 0.3 is 0 Å². The number of hydrogen-bond donors (Lipinski definition) is 1. The van der Waals surface area contributed by atoms with E-state index < -0.39 is 0 Å². The minimum Gasteiger partial charge on any atom is -0.379 e. The van der Waals surface area contributed by atoms with Crippen LogP contribution in [0, 0.1) is 6.92 Å². The summed E-state index contributed by atoms with van der Waals surface area (Å²) in [5.41, 5.74) is 2.44. The van der Waals surface area contributed by atoms with E-state index in [0.29, 0.717) is 29.9 Å². The third-order valence-corrected chi connectivity index (χ3v) is 4.22. The number of rotatable bonds is 3. The van der Waals surface area contributed by atoms with Crippen molar-refractivity contribution in [1.82, 2.24) is 24.7 Å². The monoisotopic (exact) mass is 311 g/mol. The summed E-state index contributed by atoms with van der Waals surface area (Å²) in [5.74, 6) is 0.602. The molecule has 1 saturated heterocycles. The van der Waals surface area contributed by atoms with Gasteiger partial charge in [0.1, 0.15) is 11.2 Å². The molecule has 1 aliphatic rings. The highest BCUT2D eigenvalue weighted by Crippen LogP contribution is 2.21. The van der Waals surface area contributed by atoms with E-state index in [1.165, 1.54) is 0 Å². The van der Waals surface area contributed by atoms with Crippen molar-refractivity contribution in [3.63, 3.8) is 0 Å². The fraction of sp³-hybridized carbons (Fsp3) is 0.375. The molecule has 1 fully saturated rings. The minimum atomic E-state index is -0.163. The van der Waals surface area contributed by atoms with Crippen molar-refractivity contribution >= 4 is 11.0 Å². The van der Waals surface area contributed by atoms with E-state index in [1.807, 2.05) is 23.7 Å². The molecule has 1 atom stereocenters. The van der Waals surface area contributed by atoms with Gasteiger partial charge in [0.2, 0.25) is 0 Å². The molecule has 1 aliphatic heterocycles. The summed E-state index contributed by atoms with van der Waals surface area (Å²) in [5, 5.41) is 4.85. The van der Waals surface area contributed by atoms with E-state index in [0.717, 1.165) is 24.3 Å². The van der Waals surface area contributed by atoms with E-state index in [-0.39, 0.29) is 11.6 Å². The summed E-state index contributed by atoms with van der Waals surface area (Å²) in [6.45, 7) is 3.33. The Bertz CT molecular complexity index is 908. The van der Waals surface area contributed by atoms with Crippen LogP contribution in [0.4, 0.5) is 0 Å². The minimum absolute atomic E-state index is 0.145. The van der Waals surface area contributed by atoms with Crippen molar-refractivity contribution in [1.29, 1.82) is 0 Å². The highest BCUT2D eigenvalue weighted by Gasteiger charge is 2.22. The second-order valence-corrected chi connectivity index (χ2v) is 5.80. The number of pyridine rings is 1. The molecule has 7 nitrogen and oxygen atoms in total. The summed E-state index contributed by atoms with van der Waals surface area (Å²) in [4.78, 5) is 24.1. The molecule has 4 heterocycles. The van der Waals surface area contributed by atoms with E-state index in [9.17, 15) is 4.79 Å². The topological polar surface area (TPSA) is 85.7 Å². The third kappa shape index (κ3) is 2.53. The predicted octanol–water partition coefficient (Wildman–Crippen LogP) is 1.38. The van der Waals surface area contributed by atoms with Crippen LogP contribution in [0.5, 0.6) is 0 Å². The molecule has 7 heteroatoms. The number of H-pyrrole nitrogens is 1. The summed E-state index contributed by atoms with van der Waals surface area (Å²) in [6, 6.07) is 4.04. The zero-order chi connectivity index (χ0) is 15.8. The summed E-state index contributed by atoms with van der Waals surface area (Å²) >= 11 is 0. The van der Waals surface area contributed by atoms with Gasteiger partial charge in [-0.05, 0) is 25.0 Å². The molecule has 0 spiro atoms. The number of nitrogens with zero attached hydrogens (tertiary/aromatic N) is 4. The first-order valence-corrected chi connectivity index (χ1v) is 7.67. The van der Waals surface area contributed by atoms with Crippen molar-refractivity contribution < 1.29 is 4.74 Å². The van der Waals surface area contributed by atoms with E-state index in [1.54, 1.807) is 12.4 Å². The van der Waals surface area contributed by atoms with Crippen LogP contribution in [0.15, 0.2) is 29.3 Å². The van der Waals surface area contributed by atoms with Crippen molar-refractivity contribution in [3.8, 4) is 0 Å². The van der Waals surface area contributed by atoms with E-state index >= 15 is 0 Å². The lowest BCUT2D eigenvalue weighted by atomic mass is 10.1. The number of ether oxygens (including phenoxy) is 1. The quantitative estimate of drug-likeness (QED) is 0.789. The van der Waals surface area contributed by atoms with Gasteiger partial charge in [-0.25, -0.2) is 9.67 Å². The Kier molecular flexibility index (Phi) is 3.42. The van der Waals surface area contributed by atoms with Gasteiger partial charge in [0.25, 0.3) is 5.56 Å². The molecule has 23 heavy (non-hydrogen) atoms. The molecule has 0 aliphatic carbocycles. The second kappa shape index (κ2) is 5.58. The van der Waals surface area contributed by atoms with Crippen LogP contribution in [0.2, 0.25) is 0 Å². The van der Waals surface area contributed by atoms with Crippen LogP contribution in [0.1, 0.15) is 29.5 Å². The number of aryl methyl sites for hydroxylation is 1. The van der Waals surface area contributed by atoms with E-state index in [2.05, 4.69) is 20.1 Å². The number of aromatic nitrogens is 5. The highest BCUT2D eigenvalue weighted by molar-refractivity contribution is 5.73. The lowest BCUT2D eigenvalue weighted by Gasteiger charge is -2.10. The molecule has 118 valence electrons. The Labute approximate surface area is 132 Å². The van der Waals surface area contributed by atoms with Gasteiger partial charge in [0, 0.05) is 19.2 Å². The molecule has 1 unspecified atom stereocenters. The van der Waals surface area contributed by atoms with Crippen LogP contribution in [-0.4, -0.2) is 37.9 Å². The zero-order valence-electron chi connectivity index (χ0n) is 12.8. The standard InChI is InChI=1S/C16H17N5O2/c1-10-3-2-5-17-13(10)7-14-19-15-12(16(22)20-14)8-18-21(15)11-4-6-23-9-11/h2-3,5,8,11H,4,6-7,9H2,1H3,(H,19,20,22). The summed E-state index contributed by atoms with van der Waals surface area (Å²) in [6.07, 6.45) is 4.71. The average Bonchev–Trinajstić information content (AvgIpc) is 3.18. The molecular weight excluding hydrogens is 294 g/mol. The first-order chi connectivity index (χ1) is 11.2. The molecule has 1 N–H and O–H groups in total. The summed E-state index contributed by atoms with van der Waals surface area (Å²) in [7, 11) is 0. The molecule has 0 radical (unpaired) electrons. The molecule has 3 aromatic heterocycles. The molecule has 0 amide bonds. The van der Waals surface area contributed by atoms with Crippen LogP contribution < -0.4 is 5.56 Å². The molecule has 4 rings (SSSR count). The van der Waals surface area contributed by atoms with Gasteiger partial charge in [0.05, 0.1) is 24.5 Å². The van der Waals surface area contributed by atoms with Crippen molar-refractivity contribution in [2.45, 2.75) is 25.8 Å². The smallest absolute Gasteiger partial charge is 0.262 e. The Morgan fingerprint density at radius 2 is 2.39 bits per heavy atom. The Morgan fingerprint density at radius 3 is 3.17 bits per heavy atom. The Hall–Kier alpha value is -2.54. The Balaban J connectivity index is 1.77. The van der Waals surface area contributed by atoms with Gasteiger partial charge < -0.3 is 9.72 Å². The van der Waals surface area contributed by atoms with Crippen molar-refractivity contribution in [2.24, 2.45) is 0 Å². The van der Waals surface area contributed by atoms with Crippen molar-refractivity contribution in [3.05, 3.63) is 52.0 Å². The van der Waals surface area contributed by atoms with Gasteiger partial charge in [-0.1, -0.05) is 6.07 Å². The molecule has 3 aromatic rings. The SMILES string of the molecule is Cc1cccnc1Cc1nc2c(cnn2C2CCOC2)c(=O)[nH]1. The number of hydrogen-bond acceptors (Lipinski definition) is 5. The molecule has 0 bridgehead atoms. The van der Waals surface area contributed by atoms with Crippen LogP contribution >= 0.6 is 0 Å². The van der Waals surface area contributed by atoms with E-state index in [4.69, 9.17) is 4.74 Å². The first kappa shape index (κ1) is 14.1. The number of nitrogens with one attached hydrogen (secondary N) is 1. The first-order valence-electron chi connectivity index (χ1n) is 7.67. The maximum absolute atomic E-state index is 12.3. The maximum atomic E-state index is 12.3. The molecular formula is C16H17N5O2. The van der Waals surface area contributed by atoms with Crippen molar-refractivity contribution in [2.75, 3.05) is 13.2 Å². The van der Waals surface area contributed by atoms with Crippen LogP contribution in [0.25, 0.3) is 11.0 Å². The predicted molar refractivity (Wildman–Crippen MR) is 84.4 cm³/mol. The Morgan fingerprint density at radius 1 is 1.48 bits per heavy atom. The zero-order valence-corrected chi connectivity index (χ0v) is 12.8. The number of fused-ring (bicyclic) bond motifs is 1. The highest BCUT2D eigenvalue weighted by atomic mass is 16.5. The fourth-order valence-electron chi connectivity index (χ4n) is 2.91. The molecule has 0 aromatic carbocycles. The number of aromatic amines is 1. The second-order valence-electron chi connectivity index (χ2n) is 5.80. The third-order valence-electron chi connectivity index (χ3n) is 4.22. The maximum Gasteiger partial charge on any atom is 0.262 e. The largest absolute Gasteiger partial charge is 0.379 e.